The van der Waals surface area contributed by atoms with Crippen LogP contribution in [0.25, 0.3) is 0 Å². The van der Waals surface area contributed by atoms with Crippen molar-refractivity contribution in [3.63, 3.8) is 0 Å². The van der Waals surface area contributed by atoms with Crippen molar-refractivity contribution in [3.05, 3.63) is 0 Å². The summed E-state index contributed by atoms with van der Waals surface area (Å²) >= 11 is 0. The van der Waals surface area contributed by atoms with Gasteiger partial charge in [-0.1, -0.05) is 26.7 Å². The predicted molar refractivity (Wildman–Crippen MR) is 67.2 cm³/mol. The summed E-state index contributed by atoms with van der Waals surface area (Å²) in [5.74, 6) is 0.865. The summed E-state index contributed by atoms with van der Waals surface area (Å²) in [4.78, 5) is 0. The van der Waals surface area contributed by atoms with Gasteiger partial charge in [-0.2, -0.15) is 0 Å². The Kier molecular flexibility index (Phi) is 6.26. The lowest BCUT2D eigenvalue weighted by atomic mass is 10.0. The molecule has 1 heterocycles. The first-order chi connectivity index (χ1) is 7.26. The van der Waals surface area contributed by atoms with Gasteiger partial charge >= 0.3 is 0 Å². The fraction of sp³-hybridized carbons (Fsp3) is 1.00. The number of rotatable bonds is 7. The molecule has 1 rings (SSSR count). The molecule has 0 aromatic heterocycles. The van der Waals surface area contributed by atoms with Crippen LogP contribution in [-0.4, -0.2) is 25.2 Å². The smallest absolute Gasteiger partial charge is 0.00822 e. The minimum Gasteiger partial charge on any atom is -0.314 e. The van der Waals surface area contributed by atoms with Crippen molar-refractivity contribution in [2.24, 2.45) is 5.92 Å². The first-order valence-electron chi connectivity index (χ1n) is 6.73. The van der Waals surface area contributed by atoms with Gasteiger partial charge in [0.1, 0.15) is 0 Å². The van der Waals surface area contributed by atoms with Crippen LogP contribution in [0.15, 0.2) is 0 Å². The molecule has 0 saturated carbocycles. The minimum atomic E-state index is 0.668. The van der Waals surface area contributed by atoms with Gasteiger partial charge in [0.05, 0.1) is 0 Å². The molecular weight excluding hydrogens is 184 g/mol. The third-order valence-corrected chi connectivity index (χ3v) is 3.71. The summed E-state index contributed by atoms with van der Waals surface area (Å²) in [6.45, 7) is 9.32. The summed E-state index contributed by atoms with van der Waals surface area (Å²) in [6.07, 6.45) is 6.64. The quantitative estimate of drug-likeness (QED) is 0.678. The molecule has 15 heavy (non-hydrogen) atoms. The van der Waals surface area contributed by atoms with Gasteiger partial charge in [-0.3, -0.25) is 0 Å². The van der Waals surface area contributed by atoms with Crippen LogP contribution in [-0.2, 0) is 0 Å². The monoisotopic (exact) mass is 212 g/mol. The van der Waals surface area contributed by atoms with E-state index in [1.54, 1.807) is 0 Å². The molecule has 0 aliphatic carbocycles. The summed E-state index contributed by atoms with van der Waals surface area (Å²) < 4.78 is 0. The average molecular weight is 212 g/mol. The molecule has 0 radical (unpaired) electrons. The van der Waals surface area contributed by atoms with Crippen molar-refractivity contribution < 1.29 is 0 Å². The Morgan fingerprint density at radius 3 is 2.60 bits per heavy atom. The van der Waals surface area contributed by atoms with Crippen LogP contribution in [0.3, 0.4) is 0 Å². The van der Waals surface area contributed by atoms with Crippen LogP contribution in [0.1, 0.15) is 52.9 Å². The standard InChI is InChI=1S/C13H28N2/c1-4-12(5-2)10-15-11(3)9-13-7-6-8-14-13/h11-15H,4-10H2,1-3H3. The maximum atomic E-state index is 3.67. The van der Waals surface area contributed by atoms with E-state index in [1.165, 1.54) is 45.2 Å². The molecule has 1 aliphatic heterocycles. The van der Waals surface area contributed by atoms with E-state index in [0.29, 0.717) is 6.04 Å². The van der Waals surface area contributed by atoms with E-state index >= 15 is 0 Å². The third kappa shape index (κ3) is 4.98. The number of nitrogens with one attached hydrogen (secondary N) is 2. The Balaban J connectivity index is 2.09. The highest BCUT2D eigenvalue weighted by atomic mass is 15.0. The highest BCUT2D eigenvalue weighted by Gasteiger charge is 2.17. The van der Waals surface area contributed by atoms with Crippen molar-refractivity contribution >= 4 is 0 Å². The Labute approximate surface area is 95.2 Å². The first-order valence-corrected chi connectivity index (χ1v) is 6.73. The molecule has 2 nitrogen and oxygen atoms in total. The van der Waals surface area contributed by atoms with Crippen molar-refractivity contribution in [1.82, 2.24) is 10.6 Å². The van der Waals surface area contributed by atoms with Crippen LogP contribution < -0.4 is 10.6 Å². The highest BCUT2D eigenvalue weighted by molar-refractivity contribution is 4.78. The molecular formula is C13H28N2. The van der Waals surface area contributed by atoms with Crippen molar-refractivity contribution in [3.8, 4) is 0 Å². The largest absolute Gasteiger partial charge is 0.314 e. The van der Waals surface area contributed by atoms with Crippen LogP contribution in [0.2, 0.25) is 0 Å². The number of hydrogen-bond acceptors (Lipinski definition) is 2. The van der Waals surface area contributed by atoms with E-state index < -0.39 is 0 Å². The maximum Gasteiger partial charge on any atom is 0.00822 e. The van der Waals surface area contributed by atoms with Gasteiger partial charge in [0, 0.05) is 12.1 Å². The van der Waals surface area contributed by atoms with Gasteiger partial charge in [-0.25, -0.2) is 0 Å². The summed E-state index contributed by atoms with van der Waals surface area (Å²) in [5, 5.41) is 7.23. The van der Waals surface area contributed by atoms with E-state index in [4.69, 9.17) is 0 Å². The van der Waals surface area contributed by atoms with E-state index in [0.717, 1.165) is 12.0 Å². The molecule has 2 atom stereocenters. The Bertz CT molecular complexity index is 149. The zero-order valence-corrected chi connectivity index (χ0v) is 10.7. The highest BCUT2D eigenvalue weighted by Crippen LogP contribution is 2.12. The molecule has 1 saturated heterocycles. The van der Waals surface area contributed by atoms with E-state index in [1.807, 2.05) is 0 Å². The van der Waals surface area contributed by atoms with Gasteiger partial charge in [-0.05, 0) is 45.2 Å². The molecule has 2 heteroatoms. The van der Waals surface area contributed by atoms with E-state index in [-0.39, 0.29) is 0 Å². The van der Waals surface area contributed by atoms with Crippen molar-refractivity contribution in [2.45, 2.75) is 65.0 Å². The van der Waals surface area contributed by atoms with Crippen molar-refractivity contribution in [2.75, 3.05) is 13.1 Å². The van der Waals surface area contributed by atoms with E-state index in [2.05, 4.69) is 31.4 Å². The predicted octanol–water partition coefficient (Wildman–Crippen LogP) is 2.54. The van der Waals surface area contributed by atoms with Crippen LogP contribution in [0.5, 0.6) is 0 Å². The lowest BCUT2D eigenvalue weighted by molar-refractivity contribution is 0.384. The van der Waals surface area contributed by atoms with Gasteiger partial charge in [0.2, 0.25) is 0 Å². The fourth-order valence-corrected chi connectivity index (χ4v) is 2.41. The van der Waals surface area contributed by atoms with Crippen molar-refractivity contribution in [1.29, 1.82) is 0 Å². The lowest BCUT2D eigenvalue weighted by Crippen LogP contribution is -2.36. The third-order valence-electron chi connectivity index (χ3n) is 3.71. The van der Waals surface area contributed by atoms with Gasteiger partial charge in [-0.15, -0.1) is 0 Å². The second-order valence-corrected chi connectivity index (χ2v) is 5.02. The molecule has 2 unspecified atom stereocenters. The van der Waals surface area contributed by atoms with Gasteiger partial charge in [0.15, 0.2) is 0 Å². The number of hydrogen-bond donors (Lipinski definition) is 2. The fourth-order valence-electron chi connectivity index (χ4n) is 2.41. The average Bonchev–Trinajstić information content (AvgIpc) is 2.72. The minimum absolute atomic E-state index is 0.668. The van der Waals surface area contributed by atoms with E-state index in [9.17, 15) is 0 Å². The summed E-state index contributed by atoms with van der Waals surface area (Å²) in [6, 6.07) is 1.44. The Morgan fingerprint density at radius 2 is 2.07 bits per heavy atom. The Morgan fingerprint density at radius 1 is 1.33 bits per heavy atom. The second kappa shape index (κ2) is 7.24. The Hall–Kier alpha value is -0.0800. The zero-order chi connectivity index (χ0) is 11.1. The SMILES string of the molecule is CCC(CC)CNC(C)CC1CCCN1. The first kappa shape index (κ1) is 13.0. The van der Waals surface area contributed by atoms with Gasteiger partial charge in [0.25, 0.3) is 0 Å². The lowest BCUT2D eigenvalue weighted by Gasteiger charge is -2.21. The molecule has 1 fully saturated rings. The molecule has 0 amide bonds. The molecule has 90 valence electrons. The molecule has 0 bridgehead atoms. The summed E-state index contributed by atoms with van der Waals surface area (Å²) in [5.41, 5.74) is 0. The molecule has 0 spiro atoms. The zero-order valence-electron chi connectivity index (χ0n) is 10.7. The second-order valence-electron chi connectivity index (χ2n) is 5.02. The van der Waals surface area contributed by atoms with Crippen LogP contribution >= 0.6 is 0 Å². The van der Waals surface area contributed by atoms with Crippen LogP contribution in [0.4, 0.5) is 0 Å². The topological polar surface area (TPSA) is 24.1 Å². The normalized spacial score (nSPS) is 23.6. The summed E-state index contributed by atoms with van der Waals surface area (Å²) in [7, 11) is 0. The molecule has 0 aromatic carbocycles. The van der Waals surface area contributed by atoms with Gasteiger partial charge < -0.3 is 10.6 Å². The molecule has 2 N–H and O–H groups in total. The molecule has 0 aromatic rings. The maximum absolute atomic E-state index is 3.67. The van der Waals surface area contributed by atoms with Crippen LogP contribution in [0, 0.1) is 5.92 Å². The molecule has 1 aliphatic rings.